The predicted octanol–water partition coefficient (Wildman–Crippen LogP) is 3.42. The summed E-state index contributed by atoms with van der Waals surface area (Å²) >= 11 is 0. The SMILES string of the molecule is COc1ccc(NC(C)c2cc(O)ccc2O)cc1F. The molecule has 20 heavy (non-hydrogen) atoms. The van der Waals surface area contributed by atoms with Gasteiger partial charge in [0.05, 0.1) is 13.2 Å². The summed E-state index contributed by atoms with van der Waals surface area (Å²) in [4.78, 5) is 0. The molecule has 1 atom stereocenters. The smallest absolute Gasteiger partial charge is 0.167 e. The van der Waals surface area contributed by atoms with Crippen molar-refractivity contribution in [3.63, 3.8) is 0 Å². The van der Waals surface area contributed by atoms with E-state index < -0.39 is 5.82 Å². The van der Waals surface area contributed by atoms with Crippen LogP contribution in [-0.2, 0) is 0 Å². The predicted molar refractivity (Wildman–Crippen MR) is 74.8 cm³/mol. The Morgan fingerprint density at radius 1 is 1.15 bits per heavy atom. The molecule has 1 unspecified atom stereocenters. The van der Waals surface area contributed by atoms with Gasteiger partial charge in [0.1, 0.15) is 11.5 Å². The number of phenolic OH excluding ortho intramolecular Hbond substituents is 2. The Morgan fingerprint density at radius 2 is 1.90 bits per heavy atom. The molecule has 0 aliphatic heterocycles. The van der Waals surface area contributed by atoms with Crippen molar-refractivity contribution >= 4 is 5.69 Å². The van der Waals surface area contributed by atoms with Crippen LogP contribution < -0.4 is 10.1 Å². The first-order valence-corrected chi connectivity index (χ1v) is 6.13. The fourth-order valence-corrected chi connectivity index (χ4v) is 1.97. The minimum Gasteiger partial charge on any atom is -0.508 e. The lowest BCUT2D eigenvalue weighted by atomic mass is 10.1. The zero-order valence-electron chi connectivity index (χ0n) is 11.2. The Kier molecular flexibility index (Phi) is 3.98. The Labute approximate surface area is 116 Å². The lowest BCUT2D eigenvalue weighted by Gasteiger charge is -2.17. The van der Waals surface area contributed by atoms with Crippen molar-refractivity contribution in [2.45, 2.75) is 13.0 Å². The highest BCUT2D eigenvalue weighted by atomic mass is 19.1. The van der Waals surface area contributed by atoms with Gasteiger partial charge in [-0.05, 0) is 37.3 Å². The Balaban J connectivity index is 2.21. The van der Waals surface area contributed by atoms with Gasteiger partial charge in [0.15, 0.2) is 11.6 Å². The zero-order chi connectivity index (χ0) is 14.7. The zero-order valence-corrected chi connectivity index (χ0v) is 11.2. The van der Waals surface area contributed by atoms with Crippen LogP contribution in [0.4, 0.5) is 10.1 Å². The largest absolute Gasteiger partial charge is 0.508 e. The first-order valence-electron chi connectivity index (χ1n) is 6.13. The molecule has 2 rings (SSSR count). The van der Waals surface area contributed by atoms with Gasteiger partial charge in [0, 0.05) is 17.3 Å². The summed E-state index contributed by atoms with van der Waals surface area (Å²) in [6.07, 6.45) is 0. The van der Waals surface area contributed by atoms with Crippen LogP contribution in [0.2, 0.25) is 0 Å². The molecule has 2 aromatic carbocycles. The third-order valence-corrected chi connectivity index (χ3v) is 3.01. The minimum atomic E-state index is -0.468. The molecule has 0 radical (unpaired) electrons. The van der Waals surface area contributed by atoms with Crippen molar-refractivity contribution in [3.8, 4) is 17.2 Å². The number of halogens is 1. The summed E-state index contributed by atoms with van der Waals surface area (Å²) in [5.41, 5.74) is 1.08. The third-order valence-electron chi connectivity index (χ3n) is 3.01. The molecular formula is C15H16FNO3. The fourth-order valence-electron chi connectivity index (χ4n) is 1.97. The van der Waals surface area contributed by atoms with Crippen molar-refractivity contribution in [2.24, 2.45) is 0 Å². The van der Waals surface area contributed by atoms with E-state index in [1.807, 2.05) is 0 Å². The van der Waals surface area contributed by atoms with E-state index >= 15 is 0 Å². The van der Waals surface area contributed by atoms with Crippen LogP contribution in [0.15, 0.2) is 36.4 Å². The van der Waals surface area contributed by atoms with Crippen LogP contribution in [0.25, 0.3) is 0 Å². The van der Waals surface area contributed by atoms with Crippen LogP contribution in [0.5, 0.6) is 17.2 Å². The second kappa shape index (κ2) is 5.69. The molecule has 0 aliphatic carbocycles. The molecule has 0 bridgehead atoms. The molecule has 0 spiro atoms. The van der Waals surface area contributed by atoms with Gasteiger partial charge in [-0.3, -0.25) is 0 Å². The number of phenols is 2. The number of methoxy groups -OCH3 is 1. The van der Waals surface area contributed by atoms with E-state index in [1.54, 1.807) is 13.0 Å². The van der Waals surface area contributed by atoms with Gasteiger partial charge in [-0.25, -0.2) is 4.39 Å². The van der Waals surface area contributed by atoms with E-state index in [9.17, 15) is 14.6 Å². The first kappa shape index (κ1) is 14.0. The highest BCUT2D eigenvalue weighted by Crippen LogP contribution is 2.31. The van der Waals surface area contributed by atoms with E-state index in [2.05, 4.69) is 5.32 Å². The van der Waals surface area contributed by atoms with Crippen molar-refractivity contribution in [1.29, 1.82) is 0 Å². The van der Waals surface area contributed by atoms with Crippen molar-refractivity contribution in [3.05, 3.63) is 47.8 Å². The molecule has 2 aromatic rings. The molecule has 0 aromatic heterocycles. The van der Waals surface area contributed by atoms with E-state index in [4.69, 9.17) is 4.74 Å². The third kappa shape index (κ3) is 2.93. The van der Waals surface area contributed by atoms with Crippen LogP contribution in [0, 0.1) is 5.82 Å². The molecular weight excluding hydrogens is 261 g/mol. The lowest BCUT2D eigenvalue weighted by Crippen LogP contribution is -2.07. The number of ether oxygens (including phenoxy) is 1. The monoisotopic (exact) mass is 277 g/mol. The summed E-state index contributed by atoms with van der Waals surface area (Å²) in [7, 11) is 1.40. The number of nitrogens with one attached hydrogen (secondary N) is 1. The van der Waals surface area contributed by atoms with E-state index in [-0.39, 0.29) is 23.3 Å². The van der Waals surface area contributed by atoms with Crippen LogP contribution in [-0.4, -0.2) is 17.3 Å². The average Bonchev–Trinajstić information content (AvgIpc) is 2.41. The number of hydrogen-bond acceptors (Lipinski definition) is 4. The minimum absolute atomic E-state index is 0.0624. The second-order valence-corrected chi connectivity index (χ2v) is 4.46. The number of benzene rings is 2. The maximum atomic E-state index is 13.6. The number of anilines is 1. The van der Waals surface area contributed by atoms with Gasteiger partial charge in [-0.15, -0.1) is 0 Å². The van der Waals surface area contributed by atoms with Crippen molar-refractivity contribution in [1.82, 2.24) is 0 Å². The van der Waals surface area contributed by atoms with E-state index in [0.717, 1.165) is 0 Å². The molecule has 0 amide bonds. The van der Waals surface area contributed by atoms with Gasteiger partial charge in [-0.1, -0.05) is 0 Å². The van der Waals surface area contributed by atoms with Gasteiger partial charge < -0.3 is 20.3 Å². The maximum Gasteiger partial charge on any atom is 0.167 e. The molecule has 5 heteroatoms. The summed E-state index contributed by atoms with van der Waals surface area (Å²) < 4.78 is 18.4. The molecule has 106 valence electrons. The number of aromatic hydroxyl groups is 2. The molecule has 0 fully saturated rings. The van der Waals surface area contributed by atoms with Gasteiger partial charge >= 0.3 is 0 Å². The van der Waals surface area contributed by atoms with E-state index in [1.165, 1.54) is 37.4 Å². The van der Waals surface area contributed by atoms with Gasteiger partial charge in [-0.2, -0.15) is 0 Å². The van der Waals surface area contributed by atoms with Crippen LogP contribution >= 0.6 is 0 Å². The van der Waals surface area contributed by atoms with Gasteiger partial charge in [0.25, 0.3) is 0 Å². The topological polar surface area (TPSA) is 61.7 Å². The summed E-state index contributed by atoms with van der Waals surface area (Å²) in [5.74, 6) is -0.169. The quantitative estimate of drug-likeness (QED) is 0.749. The summed E-state index contributed by atoms with van der Waals surface area (Å²) in [6, 6.07) is 8.50. The van der Waals surface area contributed by atoms with Crippen LogP contribution in [0.1, 0.15) is 18.5 Å². The highest BCUT2D eigenvalue weighted by Gasteiger charge is 2.12. The Morgan fingerprint density at radius 3 is 2.55 bits per heavy atom. The standard InChI is InChI=1S/C15H16FNO3/c1-9(12-8-11(18)4-5-14(12)19)17-10-3-6-15(20-2)13(16)7-10/h3-9,17-19H,1-2H3. The van der Waals surface area contributed by atoms with E-state index in [0.29, 0.717) is 11.3 Å². The molecule has 3 N–H and O–H groups in total. The molecule has 0 saturated carbocycles. The second-order valence-electron chi connectivity index (χ2n) is 4.46. The summed E-state index contributed by atoms with van der Waals surface area (Å²) in [6.45, 7) is 1.80. The highest BCUT2D eigenvalue weighted by molar-refractivity contribution is 5.51. The Bertz CT molecular complexity index is 616. The Hall–Kier alpha value is -2.43. The first-order chi connectivity index (χ1) is 9.51. The summed E-state index contributed by atoms with van der Waals surface area (Å²) in [5, 5.41) is 22.3. The average molecular weight is 277 g/mol. The molecule has 0 aliphatic rings. The normalized spacial score (nSPS) is 11.9. The fraction of sp³-hybridized carbons (Fsp3) is 0.200. The maximum absolute atomic E-state index is 13.6. The molecule has 0 heterocycles. The number of hydrogen-bond donors (Lipinski definition) is 3. The van der Waals surface area contributed by atoms with Crippen molar-refractivity contribution < 1.29 is 19.3 Å². The molecule has 4 nitrogen and oxygen atoms in total. The van der Waals surface area contributed by atoms with Crippen molar-refractivity contribution in [2.75, 3.05) is 12.4 Å². The molecule has 0 saturated heterocycles. The van der Waals surface area contributed by atoms with Gasteiger partial charge in [0.2, 0.25) is 0 Å². The lowest BCUT2D eigenvalue weighted by molar-refractivity contribution is 0.386. The number of rotatable bonds is 4. The van der Waals surface area contributed by atoms with Crippen LogP contribution in [0.3, 0.4) is 0 Å².